The minimum Gasteiger partial charge on any atom is -0.310 e. The van der Waals surface area contributed by atoms with Gasteiger partial charge >= 0.3 is 0 Å². The van der Waals surface area contributed by atoms with Crippen LogP contribution >= 0.6 is 0 Å². The molecule has 3 aliphatic rings. The second-order valence-electron chi connectivity index (χ2n) is 14.0. The number of anilines is 3. The molecule has 61 heavy (non-hydrogen) atoms. The molecule has 0 saturated heterocycles. The van der Waals surface area contributed by atoms with Gasteiger partial charge in [0.15, 0.2) is 0 Å². The first-order chi connectivity index (χ1) is 51.4. The van der Waals surface area contributed by atoms with Gasteiger partial charge in [-0.05, 0) is 124 Å². The molecule has 0 bridgehead atoms. The van der Waals surface area contributed by atoms with E-state index in [2.05, 4.69) is 0 Å². The van der Waals surface area contributed by atoms with Gasteiger partial charge in [-0.2, -0.15) is 0 Å². The Morgan fingerprint density at radius 1 is 0.393 bits per heavy atom. The van der Waals surface area contributed by atoms with Crippen molar-refractivity contribution < 1.29 is 72.7 Å². The van der Waals surface area contributed by atoms with Crippen LogP contribution in [0.3, 0.4) is 0 Å². The molecule has 3 aliphatic carbocycles. The van der Waals surface area contributed by atoms with Gasteiger partial charge in [-0.15, -0.1) is 0 Å². The first-order valence-corrected chi connectivity index (χ1v) is 17.7. The highest BCUT2D eigenvalue weighted by Crippen LogP contribution is 2.64. The van der Waals surface area contributed by atoms with E-state index in [4.69, 9.17) is 32.9 Å². The normalized spacial score (nSPS) is 29.0. The van der Waals surface area contributed by atoms with Crippen LogP contribution in [0, 0.1) is 0 Å². The number of hydrogen-bond acceptors (Lipinski definition) is 1. The van der Waals surface area contributed by atoms with E-state index < -0.39 is 358 Å². The molecule has 0 saturated carbocycles. The van der Waals surface area contributed by atoms with Gasteiger partial charge in [0.1, 0.15) is 0 Å². The van der Waals surface area contributed by atoms with E-state index in [1.54, 1.807) is 0 Å². The molecule has 8 aromatic rings. The minimum atomic E-state index is -4.78. The van der Waals surface area contributed by atoms with Crippen molar-refractivity contribution in [3.8, 4) is 44.5 Å². The summed E-state index contributed by atoms with van der Waals surface area (Å²) in [5.41, 5.74) is -49.0. The maximum absolute atomic E-state index is 11.2. The van der Waals surface area contributed by atoms with Crippen molar-refractivity contribution in [1.29, 1.82) is 0 Å². The molecule has 0 amide bonds. The Morgan fingerprint density at radius 3 is 1.43 bits per heavy atom. The maximum Gasteiger partial charge on any atom is 0.0726 e. The third kappa shape index (κ3) is 5.39. The Morgan fingerprint density at radius 2 is 0.836 bits per heavy atom. The second-order valence-corrected chi connectivity index (χ2v) is 14.0. The molecule has 298 valence electrons. The Balaban J connectivity index is 1.59. The molecule has 0 aliphatic heterocycles. The van der Waals surface area contributed by atoms with Gasteiger partial charge in [0.2, 0.25) is 0 Å². The summed E-state index contributed by atoms with van der Waals surface area (Å²) in [6.45, 7) is -36.8. The molecule has 1 heteroatoms. The van der Waals surface area contributed by atoms with E-state index >= 15 is 0 Å². The number of fused-ring (bicyclic) bond motifs is 13. The van der Waals surface area contributed by atoms with E-state index in [9.17, 15) is 39.8 Å². The third-order valence-corrected chi connectivity index (χ3v) is 10.4. The third-order valence-electron chi connectivity index (χ3n) is 10.4. The monoisotopic (exact) mass is 841 g/mol. The van der Waals surface area contributed by atoms with Crippen molar-refractivity contribution in [2.24, 2.45) is 0 Å². The molecule has 0 heterocycles. The van der Waals surface area contributed by atoms with Gasteiger partial charge < -0.3 is 4.90 Å². The van der Waals surface area contributed by atoms with Crippen LogP contribution in [0.1, 0.15) is 172 Å². The summed E-state index contributed by atoms with van der Waals surface area (Å²) in [6, 6.07) is -48.0. The zero-order valence-corrected chi connectivity index (χ0v) is 30.4. The van der Waals surface area contributed by atoms with E-state index in [-0.39, 0.29) is 4.90 Å². The molecule has 0 atom stereocenters. The summed E-state index contributed by atoms with van der Waals surface area (Å²) < 4.78 is 496. The molecular formula is C60H53N. The first-order valence-electron chi connectivity index (χ1n) is 44.2. The molecule has 0 fully saturated rings. The van der Waals surface area contributed by atoms with Crippen molar-refractivity contribution in [3.63, 3.8) is 0 Å². The largest absolute Gasteiger partial charge is 0.310 e. The van der Waals surface area contributed by atoms with Crippen molar-refractivity contribution in [2.45, 2.75) is 76.5 Å². The van der Waals surface area contributed by atoms with Crippen molar-refractivity contribution in [1.82, 2.24) is 0 Å². The lowest BCUT2D eigenvalue weighted by atomic mass is 9.68. The highest BCUT2D eigenvalue weighted by molar-refractivity contribution is 5.98. The average Bonchev–Trinajstić information content (AvgIpc) is 1.46. The van der Waals surface area contributed by atoms with E-state index in [1.807, 2.05) is 0 Å². The fourth-order valence-electron chi connectivity index (χ4n) is 7.88. The fourth-order valence-corrected chi connectivity index (χ4v) is 7.88. The van der Waals surface area contributed by atoms with Gasteiger partial charge in [-0.25, -0.2) is 0 Å². The Hall–Kier alpha value is -6.44. The molecule has 1 nitrogen and oxygen atoms in total. The molecule has 0 N–H and O–H groups in total. The topological polar surface area (TPSA) is 3.24 Å². The quantitative estimate of drug-likeness (QED) is 0.171. The van der Waals surface area contributed by atoms with Crippen molar-refractivity contribution >= 4 is 17.1 Å². The molecule has 0 radical (unpaired) electrons. The summed E-state index contributed by atoms with van der Waals surface area (Å²) in [7, 11) is 0. The van der Waals surface area contributed by atoms with Crippen LogP contribution < -0.4 is 4.90 Å². The van der Waals surface area contributed by atoms with Crippen LogP contribution in [0.5, 0.6) is 0 Å². The van der Waals surface area contributed by atoms with Crippen LogP contribution in [-0.4, -0.2) is 0 Å². The molecule has 11 rings (SSSR count). The highest BCUT2D eigenvalue weighted by Gasteiger charge is 2.52. The number of benzene rings is 8. The maximum atomic E-state index is 11.2. The van der Waals surface area contributed by atoms with Crippen LogP contribution in [0.15, 0.2) is 175 Å². The standard InChI is InChI=1S/C60H53N/c1-57(2,3)39-26-30-47-48-31-27-40(58(4,5)6)35-54(48)60(53(47)34-39)51-24-16-13-22-45(51)49-33-29-42(37-55(49)60)61(56-25-17-14-20-43(56)38-18-10-9-11-19-38)41-28-32-46-44-21-12-15-23-50(44)59(7,8)52(46)36-41/h9-37H,1-8H3/i1D3,2D3,3D3,4D3,5D3,6D3,7D3,8D3,9D,10D,11D,12D,13D,14D,15D,16D,17D,18D,19D,20D,21D,22D,23D,24D,25D,26D,27D,28D,29D,30D,31D,32D,33D,34D,35D,36D,37D. The van der Waals surface area contributed by atoms with Crippen LogP contribution in [0.25, 0.3) is 44.5 Å². The smallest absolute Gasteiger partial charge is 0.0726 e. The lowest BCUT2D eigenvalue weighted by Gasteiger charge is -2.34. The molecular weight excluding hydrogens is 735 g/mol. The molecule has 0 unspecified atom stereocenters. The number of hydrogen-bond donors (Lipinski definition) is 0. The predicted octanol–water partition coefficient (Wildman–Crippen LogP) is 16.1. The summed E-state index contributed by atoms with van der Waals surface area (Å²) in [4.78, 5) is -0.179. The Labute approximate surface area is 436 Å². The summed E-state index contributed by atoms with van der Waals surface area (Å²) in [5.74, 6) is 0. The van der Waals surface area contributed by atoms with Gasteiger partial charge in [0, 0.05) is 55.3 Å². The molecule has 1 spiro atoms. The lowest BCUT2D eigenvalue weighted by Crippen LogP contribution is -2.27. The molecule has 8 aromatic carbocycles. The summed E-state index contributed by atoms with van der Waals surface area (Å²) in [5, 5.41) is 0. The summed E-state index contributed by atoms with van der Waals surface area (Å²) >= 11 is 0. The van der Waals surface area contributed by atoms with Gasteiger partial charge in [-0.3, -0.25) is 0 Å². The number of nitrogens with zero attached hydrogens (tertiary/aromatic N) is 1. The lowest BCUT2D eigenvalue weighted by molar-refractivity contribution is 0.586. The first kappa shape index (κ1) is 11.3. The minimum absolute atomic E-state index is 0.179. The zero-order valence-electron chi connectivity index (χ0n) is 83.4. The van der Waals surface area contributed by atoms with E-state index in [0.29, 0.717) is 0 Å². The zero-order chi connectivity index (χ0) is 87.3. The Kier molecular flexibility index (Phi) is 2.42. The van der Waals surface area contributed by atoms with Crippen LogP contribution in [0.4, 0.5) is 17.1 Å². The second kappa shape index (κ2) is 13.0. The van der Waals surface area contributed by atoms with Gasteiger partial charge in [0.05, 0.1) is 50.9 Å². The van der Waals surface area contributed by atoms with Crippen LogP contribution in [-0.2, 0) is 21.7 Å². The predicted molar refractivity (Wildman–Crippen MR) is 258 cm³/mol. The fraction of sp³-hybridized carbons (Fsp3) is 0.200. The molecule has 0 aromatic heterocycles. The number of para-hydroxylation sites is 1. The highest BCUT2D eigenvalue weighted by atomic mass is 15.1. The van der Waals surface area contributed by atoms with Crippen molar-refractivity contribution in [2.75, 3.05) is 4.90 Å². The Bertz CT molecular complexity index is 5440. The van der Waals surface area contributed by atoms with Gasteiger partial charge in [-0.1, -0.05) is 200 Å². The van der Waals surface area contributed by atoms with Gasteiger partial charge in [0.25, 0.3) is 0 Å². The average molecular weight is 841 g/mol. The SMILES string of the molecule is [2H]c1c([2H])c([2H])c(-c2c([2H])c([2H])c([2H])c([2H])c2N(c2c([2H])c([2H])c3c(c2[2H])C2(c4c([2H])c([2H])c([2H])c([2H])c4-3)c3c([2H])c(C(C([2H])([2H])[2H])(C([2H])([2H])[2H])C([2H])([2H])[2H])c([2H])c([2H])c3-c3c([2H])c([2H])c(C(C([2H])([2H])[2H])(C([2H])([2H])[2H])C([2H])([2H])[2H])c([2H])c32)c2c([2H])c([2H])c3c(c2[2H])C(C([2H])([2H])[2H])(C([2H])([2H])[2H])c2c([2H])c([2H])c([2H])c([2H])c2-3)c([2H])c1[2H]. The number of rotatable bonds is 4. The summed E-state index contributed by atoms with van der Waals surface area (Å²) in [6.07, 6.45) is 0. The van der Waals surface area contributed by atoms with Crippen LogP contribution in [0.2, 0.25) is 0 Å². The van der Waals surface area contributed by atoms with E-state index in [0.717, 1.165) is 0 Å². The van der Waals surface area contributed by atoms with Crippen molar-refractivity contribution in [3.05, 3.63) is 220 Å². The van der Waals surface area contributed by atoms with E-state index in [1.165, 1.54) is 0 Å².